The van der Waals surface area contributed by atoms with Gasteiger partial charge < -0.3 is 9.84 Å². The number of rotatable bonds is 4. The fourth-order valence-electron chi connectivity index (χ4n) is 4.19. The Kier molecular flexibility index (Phi) is 4.84. The van der Waals surface area contributed by atoms with E-state index in [1.165, 1.54) is 19.3 Å². The first-order valence-electron chi connectivity index (χ1n) is 8.85. The highest BCUT2D eigenvalue weighted by atomic mass is 16.6. The second-order valence-electron chi connectivity index (χ2n) is 7.09. The number of aliphatic hydroxyl groups excluding tert-OH is 1. The number of carbonyl (C=O) groups excluding carboxylic acids is 2. The Balaban J connectivity index is 1.68. The van der Waals surface area contributed by atoms with Crippen LogP contribution < -0.4 is 0 Å². The smallest absolute Gasteiger partial charge is 0.346 e. The number of aliphatic hydroxyl groups is 1. The van der Waals surface area contributed by atoms with E-state index in [0.29, 0.717) is 12.3 Å². The standard InChI is InChI=1S/C18H26O4/c19-16(13-9-5-2-6-10-13)15-17(20)14(22-18(15)21)11-12-7-3-1-4-8-12/h12-14,20H,1-11H2. The molecule has 0 spiro atoms. The predicted molar refractivity (Wildman–Crippen MR) is 82.3 cm³/mol. The summed E-state index contributed by atoms with van der Waals surface area (Å²) in [6.07, 6.45) is 10.9. The molecule has 1 atom stereocenters. The Morgan fingerprint density at radius 2 is 1.59 bits per heavy atom. The maximum atomic E-state index is 12.5. The normalized spacial score (nSPS) is 28.0. The molecule has 0 bridgehead atoms. The van der Waals surface area contributed by atoms with E-state index in [9.17, 15) is 14.7 Å². The van der Waals surface area contributed by atoms with Gasteiger partial charge in [0.05, 0.1) is 0 Å². The Hall–Kier alpha value is -1.32. The van der Waals surface area contributed by atoms with Crippen molar-refractivity contribution < 1.29 is 19.4 Å². The minimum absolute atomic E-state index is 0.0484. The molecular formula is C18H26O4. The molecule has 0 aromatic heterocycles. The van der Waals surface area contributed by atoms with Crippen LogP contribution in [-0.4, -0.2) is 23.0 Å². The van der Waals surface area contributed by atoms with E-state index in [-0.39, 0.29) is 23.0 Å². The Morgan fingerprint density at radius 3 is 2.23 bits per heavy atom. The molecule has 1 N–H and O–H groups in total. The third-order valence-electron chi connectivity index (χ3n) is 5.51. The average molecular weight is 306 g/mol. The minimum atomic E-state index is -0.603. The monoisotopic (exact) mass is 306 g/mol. The van der Waals surface area contributed by atoms with E-state index in [1.807, 2.05) is 0 Å². The quantitative estimate of drug-likeness (QED) is 0.633. The van der Waals surface area contributed by atoms with Crippen LogP contribution in [-0.2, 0) is 14.3 Å². The molecule has 3 rings (SSSR count). The Labute approximate surface area is 131 Å². The molecule has 0 radical (unpaired) electrons. The van der Waals surface area contributed by atoms with Crippen LogP contribution >= 0.6 is 0 Å². The number of ketones is 1. The van der Waals surface area contributed by atoms with E-state index in [2.05, 4.69) is 0 Å². The highest BCUT2D eigenvalue weighted by molar-refractivity contribution is 6.19. The minimum Gasteiger partial charge on any atom is -0.507 e. The lowest BCUT2D eigenvalue weighted by molar-refractivity contribution is -0.142. The van der Waals surface area contributed by atoms with Gasteiger partial charge in [-0.1, -0.05) is 51.4 Å². The third kappa shape index (κ3) is 3.21. The molecule has 0 aromatic rings. The molecule has 1 unspecified atom stereocenters. The first-order valence-corrected chi connectivity index (χ1v) is 8.85. The highest BCUT2D eigenvalue weighted by Gasteiger charge is 2.41. The van der Waals surface area contributed by atoms with Gasteiger partial charge in [0.1, 0.15) is 5.57 Å². The van der Waals surface area contributed by atoms with Crippen LogP contribution in [0.15, 0.2) is 11.3 Å². The van der Waals surface area contributed by atoms with Crippen molar-refractivity contribution in [3.8, 4) is 0 Å². The second kappa shape index (κ2) is 6.84. The van der Waals surface area contributed by atoms with Gasteiger partial charge in [0.2, 0.25) is 0 Å². The summed E-state index contributed by atoms with van der Waals surface area (Å²) in [6.45, 7) is 0. The molecule has 2 aliphatic carbocycles. The number of hydrogen-bond acceptors (Lipinski definition) is 4. The van der Waals surface area contributed by atoms with E-state index in [0.717, 1.165) is 44.9 Å². The first-order chi connectivity index (χ1) is 10.7. The molecule has 2 fully saturated rings. The summed E-state index contributed by atoms with van der Waals surface area (Å²) in [7, 11) is 0. The molecular weight excluding hydrogens is 280 g/mol. The third-order valence-corrected chi connectivity index (χ3v) is 5.51. The zero-order chi connectivity index (χ0) is 15.5. The number of hydrogen-bond donors (Lipinski definition) is 1. The van der Waals surface area contributed by atoms with E-state index in [4.69, 9.17) is 4.74 Å². The maximum Gasteiger partial charge on any atom is 0.346 e. The molecule has 1 aliphatic heterocycles. The van der Waals surface area contributed by atoms with Crippen LogP contribution in [0.3, 0.4) is 0 Å². The molecule has 1 heterocycles. The van der Waals surface area contributed by atoms with E-state index >= 15 is 0 Å². The molecule has 3 aliphatic rings. The fourth-order valence-corrected chi connectivity index (χ4v) is 4.19. The number of cyclic esters (lactones) is 1. The van der Waals surface area contributed by atoms with Crippen molar-refractivity contribution in [1.82, 2.24) is 0 Å². The Bertz CT molecular complexity index is 467. The number of ether oxygens (including phenoxy) is 1. The van der Waals surface area contributed by atoms with E-state index in [1.54, 1.807) is 0 Å². The maximum absolute atomic E-state index is 12.5. The lowest BCUT2D eigenvalue weighted by Crippen LogP contribution is -2.23. The van der Waals surface area contributed by atoms with Crippen molar-refractivity contribution in [2.45, 2.75) is 76.7 Å². The van der Waals surface area contributed by atoms with Crippen molar-refractivity contribution >= 4 is 11.8 Å². The van der Waals surface area contributed by atoms with Gasteiger partial charge in [0.25, 0.3) is 0 Å². The summed E-state index contributed by atoms with van der Waals surface area (Å²) < 4.78 is 5.32. The lowest BCUT2D eigenvalue weighted by Gasteiger charge is -2.23. The zero-order valence-electron chi connectivity index (χ0n) is 13.2. The summed E-state index contributed by atoms with van der Waals surface area (Å²) in [6, 6.07) is 0. The molecule has 4 heteroatoms. The van der Waals surface area contributed by atoms with Gasteiger partial charge in [-0.3, -0.25) is 4.79 Å². The average Bonchev–Trinajstić information content (AvgIpc) is 2.82. The molecule has 22 heavy (non-hydrogen) atoms. The van der Waals surface area contributed by atoms with Gasteiger partial charge in [-0.2, -0.15) is 0 Å². The van der Waals surface area contributed by atoms with Crippen LogP contribution in [0.1, 0.15) is 70.6 Å². The highest BCUT2D eigenvalue weighted by Crippen LogP contribution is 2.35. The van der Waals surface area contributed by atoms with Gasteiger partial charge in [-0.25, -0.2) is 4.79 Å². The lowest BCUT2D eigenvalue weighted by atomic mass is 9.82. The van der Waals surface area contributed by atoms with Crippen molar-refractivity contribution in [1.29, 1.82) is 0 Å². The van der Waals surface area contributed by atoms with Crippen molar-refractivity contribution in [2.75, 3.05) is 0 Å². The number of Topliss-reactive ketones (excluding diaryl/α,β-unsaturated/α-hetero) is 1. The van der Waals surface area contributed by atoms with Crippen LogP contribution in [0.2, 0.25) is 0 Å². The SMILES string of the molecule is O=C1OC(CC2CCCCC2)C(O)=C1C(=O)C1CCCCC1. The largest absolute Gasteiger partial charge is 0.507 e. The number of esters is 1. The molecule has 4 nitrogen and oxygen atoms in total. The van der Waals surface area contributed by atoms with Gasteiger partial charge in [0, 0.05) is 5.92 Å². The van der Waals surface area contributed by atoms with Gasteiger partial charge in [-0.05, 0) is 25.2 Å². The zero-order valence-corrected chi connectivity index (χ0v) is 13.2. The molecule has 0 aromatic carbocycles. The van der Waals surface area contributed by atoms with Crippen molar-refractivity contribution in [2.24, 2.45) is 11.8 Å². The van der Waals surface area contributed by atoms with Gasteiger partial charge in [0.15, 0.2) is 17.6 Å². The van der Waals surface area contributed by atoms with Crippen LogP contribution in [0.5, 0.6) is 0 Å². The Morgan fingerprint density at radius 1 is 1.00 bits per heavy atom. The van der Waals surface area contributed by atoms with Crippen molar-refractivity contribution in [3.05, 3.63) is 11.3 Å². The molecule has 122 valence electrons. The molecule has 0 amide bonds. The summed E-state index contributed by atoms with van der Waals surface area (Å²) in [5.74, 6) is -0.488. The number of carbonyl (C=O) groups is 2. The summed E-state index contributed by atoms with van der Waals surface area (Å²) in [4.78, 5) is 24.6. The topological polar surface area (TPSA) is 63.6 Å². The predicted octanol–water partition coefficient (Wildman–Crippen LogP) is 3.84. The van der Waals surface area contributed by atoms with Crippen LogP contribution in [0, 0.1) is 11.8 Å². The summed E-state index contributed by atoms with van der Waals surface area (Å²) >= 11 is 0. The molecule has 2 saturated carbocycles. The second-order valence-corrected chi connectivity index (χ2v) is 7.09. The summed E-state index contributed by atoms with van der Waals surface area (Å²) in [5.41, 5.74) is -0.0484. The van der Waals surface area contributed by atoms with Crippen LogP contribution in [0.25, 0.3) is 0 Å². The molecule has 0 saturated heterocycles. The summed E-state index contributed by atoms with van der Waals surface area (Å²) in [5, 5.41) is 10.4. The van der Waals surface area contributed by atoms with Crippen molar-refractivity contribution in [3.63, 3.8) is 0 Å². The fraction of sp³-hybridized carbons (Fsp3) is 0.778. The van der Waals surface area contributed by atoms with Gasteiger partial charge >= 0.3 is 5.97 Å². The van der Waals surface area contributed by atoms with E-state index < -0.39 is 12.1 Å². The first kappa shape index (κ1) is 15.6. The van der Waals surface area contributed by atoms with Crippen LogP contribution in [0.4, 0.5) is 0 Å². The van der Waals surface area contributed by atoms with Gasteiger partial charge in [-0.15, -0.1) is 0 Å².